The second kappa shape index (κ2) is 43.9. The van der Waals surface area contributed by atoms with Gasteiger partial charge in [0.15, 0.2) is 0 Å². The van der Waals surface area contributed by atoms with Crippen LogP contribution >= 0.6 is 0 Å². The molecule has 56 heavy (non-hydrogen) atoms. The van der Waals surface area contributed by atoms with Gasteiger partial charge in [-0.2, -0.15) is 0 Å². The number of carbonyl (C=O) groups excluding carboxylic acids is 2. The van der Waals surface area contributed by atoms with E-state index in [0.717, 1.165) is 96.3 Å². The summed E-state index contributed by atoms with van der Waals surface area (Å²) in [4.78, 5) is 26.0. The normalized spacial score (nSPS) is 13.7. The van der Waals surface area contributed by atoms with Crippen LogP contribution in [0.1, 0.15) is 233 Å². The summed E-state index contributed by atoms with van der Waals surface area (Å²) in [7, 11) is 0. The Morgan fingerprint density at radius 2 is 1.00 bits per heavy atom. The Bertz CT molecular complexity index is 972. The van der Waals surface area contributed by atoms with E-state index >= 15 is 0 Å². The number of aliphatic hydroxyl groups excluding tert-OH is 2. The molecule has 0 rings (SSSR count). The summed E-state index contributed by atoms with van der Waals surface area (Å²) in [6.45, 7) is 6.29. The molecule has 326 valence electrons. The number of nitrogens with one attached hydrogen (secondary N) is 1. The van der Waals surface area contributed by atoms with Gasteiger partial charge in [-0.3, -0.25) is 9.59 Å². The van der Waals surface area contributed by atoms with E-state index in [4.69, 9.17) is 4.74 Å². The molecule has 0 bridgehead atoms. The standard InChI is InChI=1S/C50H91NO5/c1-4-7-10-13-16-19-21-23-24-26-27-30-33-36-39-42-48(53)47(45-52)51-49(54)44-46(41-38-35-32-29-18-15-12-9-6-3)56-50(55)43-40-37-34-31-28-25-22-20-17-14-11-8-5-2/h8,11,14-15,17-18,20,22,46-48,52-53H,4-7,9-10,12-13,16,19,21,23-45H2,1-3H3,(H,51,54)/b11-8+,17-14+,18-15-,22-20-. The summed E-state index contributed by atoms with van der Waals surface area (Å²) in [6, 6.07) is -0.708. The zero-order valence-corrected chi connectivity index (χ0v) is 37.0. The topological polar surface area (TPSA) is 95.9 Å². The molecule has 6 heteroatoms. The lowest BCUT2D eigenvalue weighted by molar-refractivity contribution is -0.151. The van der Waals surface area contributed by atoms with Gasteiger partial charge in [-0.25, -0.2) is 0 Å². The minimum absolute atomic E-state index is 0.0580. The van der Waals surface area contributed by atoms with Gasteiger partial charge in [0.25, 0.3) is 0 Å². The zero-order chi connectivity index (χ0) is 41.0. The number of esters is 1. The van der Waals surface area contributed by atoms with Gasteiger partial charge in [0.1, 0.15) is 6.10 Å². The lowest BCUT2D eigenvalue weighted by atomic mass is 10.0. The maximum absolute atomic E-state index is 13.1. The first kappa shape index (κ1) is 53.8. The van der Waals surface area contributed by atoms with Gasteiger partial charge in [0.05, 0.1) is 25.2 Å². The first-order valence-corrected chi connectivity index (χ1v) is 23.9. The maximum atomic E-state index is 13.1. The highest BCUT2D eigenvalue weighted by Gasteiger charge is 2.24. The number of hydrogen-bond acceptors (Lipinski definition) is 5. The van der Waals surface area contributed by atoms with Gasteiger partial charge in [-0.15, -0.1) is 0 Å². The van der Waals surface area contributed by atoms with Crippen molar-refractivity contribution in [1.29, 1.82) is 0 Å². The number of aliphatic hydroxyl groups is 2. The van der Waals surface area contributed by atoms with Crippen molar-refractivity contribution in [3.63, 3.8) is 0 Å². The molecule has 0 aliphatic rings. The second-order valence-corrected chi connectivity index (χ2v) is 16.2. The van der Waals surface area contributed by atoms with Crippen molar-refractivity contribution in [3.05, 3.63) is 48.6 Å². The number of allylic oxidation sites excluding steroid dienone is 8. The Morgan fingerprint density at radius 1 is 0.536 bits per heavy atom. The molecule has 6 nitrogen and oxygen atoms in total. The fourth-order valence-corrected chi connectivity index (χ4v) is 7.06. The zero-order valence-electron chi connectivity index (χ0n) is 37.0. The first-order valence-electron chi connectivity index (χ1n) is 23.9. The van der Waals surface area contributed by atoms with Gasteiger partial charge in [0.2, 0.25) is 5.91 Å². The van der Waals surface area contributed by atoms with E-state index in [1.807, 2.05) is 0 Å². The molecular weight excluding hydrogens is 695 g/mol. The predicted molar refractivity (Wildman–Crippen MR) is 241 cm³/mol. The lowest BCUT2D eigenvalue weighted by Gasteiger charge is -2.24. The number of ether oxygens (including phenoxy) is 1. The molecule has 0 aliphatic heterocycles. The summed E-state index contributed by atoms with van der Waals surface area (Å²) >= 11 is 0. The number of hydrogen-bond donors (Lipinski definition) is 3. The molecule has 0 radical (unpaired) electrons. The van der Waals surface area contributed by atoms with Crippen molar-refractivity contribution in [2.24, 2.45) is 0 Å². The molecule has 0 aromatic carbocycles. The SMILES string of the molecule is CC/C=C/C=C/C=C\CCCCCCCC(=O)OC(CCCCC/C=C\CCCC)CC(=O)NC(CO)C(O)CCCCCCCCCCCCCCCCC. The van der Waals surface area contributed by atoms with E-state index in [2.05, 4.69) is 74.7 Å². The highest BCUT2D eigenvalue weighted by Crippen LogP contribution is 2.17. The lowest BCUT2D eigenvalue weighted by Crippen LogP contribution is -2.46. The Morgan fingerprint density at radius 3 is 1.57 bits per heavy atom. The summed E-state index contributed by atoms with van der Waals surface area (Å²) in [5.41, 5.74) is 0. The predicted octanol–water partition coefficient (Wildman–Crippen LogP) is 13.9. The summed E-state index contributed by atoms with van der Waals surface area (Å²) < 4.78 is 5.88. The molecular formula is C50H91NO5. The molecule has 3 N–H and O–H groups in total. The number of rotatable bonds is 42. The van der Waals surface area contributed by atoms with Crippen LogP contribution in [-0.2, 0) is 14.3 Å². The smallest absolute Gasteiger partial charge is 0.306 e. The van der Waals surface area contributed by atoms with Gasteiger partial charge < -0.3 is 20.3 Å². The number of unbranched alkanes of at least 4 members (excludes halogenated alkanes) is 24. The van der Waals surface area contributed by atoms with Crippen LogP contribution < -0.4 is 5.32 Å². The fraction of sp³-hybridized carbons (Fsp3) is 0.800. The summed E-state index contributed by atoms with van der Waals surface area (Å²) in [5, 5.41) is 23.7. The van der Waals surface area contributed by atoms with Crippen molar-refractivity contribution in [2.75, 3.05) is 6.61 Å². The third kappa shape index (κ3) is 38.7. The average Bonchev–Trinajstić information content (AvgIpc) is 3.19. The monoisotopic (exact) mass is 786 g/mol. The van der Waals surface area contributed by atoms with E-state index < -0.39 is 18.2 Å². The molecule has 1 amide bonds. The molecule has 0 saturated carbocycles. The van der Waals surface area contributed by atoms with E-state index in [0.29, 0.717) is 19.3 Å². The van der Waals surface area contributed by atoms with Crippen molar-refractivity contribution < 1.29 is 24.5 Å². The largest absolute Gasteiger partial charge is 0.462 e. The molecule has 0 saturated heterocycles. The molecule has 0 heterocycles. The van der Waals surface area contributed by atoms with Crippen LogP contribution in [0, 0.1) is 0 Å². The van der Waals surface area contributed by atoms with E-state index in [-0.39, 0.29) is 24.9 Å². The molecule has 0 spiro atoms. The Hall–Kier alpha value is -2.18. The van der Waals surface area contributed by atoms with E-state index in [9.17, 15) is 19.8 Å². The van der Waals surface area contributed by atoms with Crippen molar-refractivity contribution in [3.8, 4) is 0 Å². The first-order chi connectivity index (χ1) is 27.5. The third-order valence-electron chi connectivity index (χ3n) is 10.7. The number of carbonyl (C=O) groups is 2. The van der Waals surface area contributed by atoms with Gasteiger partial charge in [-0.1, -0.05) is 204 Å². The summed E-state index contributed by atoms with van der Waals surface area (Å²) in [5.74, 6) is -0.515. The highest BCUT2D eigenvalue weighted by atomic mass is 16.5. The fourth-order valence-electron chi connectivity index (χ4n) is 7.06. The minimum Gasteiger partial charge on any atom is -0.462 e. The second-order valence-electron chi connectivity index (χ2n) is 16.2. The van der Waals surface area contributed by atoms with Crippen LogP contribution in [0.4, 0.5) is 0 Å². The van der Waals surface area contributed by atoms with Crippen molar-refractivity contribution in [2.45, 2.75) is 251 Å². The molecule has 3 atom stereocenters. The molecule has 3 unspecified atom stereocenters. The van der Waals surface area contributed by atoms with Crippen LogP contribution in [0.5, 0.6) is 0 Å². The molecule has 0 aromatic heterocycles. The number of amides is 1. The maximum Gasteiger partial charge on any atom is 0.306 e. The van der Waals surface area contributed by atoms with Crippen LogP contribution in [0.2, 0.25) is 0 Å². The highest BCUT2D eigenvalue weighted by molar-refractivity contribution is 5.77. The van der Waals surface area contributed by atoms with Gasteiger partial charge in [0, 0.05) is 6.42 Å². The van der Waals surface area contributed by atoms with Crippen molar-refractivity contribution in [1.82, 2.24) is 5.32 Å². The minimum atomic E-state index is -0.793. The van der Waals surface area contributed by atoms with Crippen LogP contribution in [-0.4, -0.2) is 46.9 Å². The Balaban J connectivity index is 4.51. The van der Waals surface area contributed by atoms with E-state index in [1.165, 1.54) is 89.9 Å². The van der Waals surface area contributed by atoms with Crippen LogP contribution in [0.3, 0.4) is 0 Å². The molecule has 0 fully saturated rings. The van der Waals surface area contributed by atoms with Crippen molar-refractivity contribution >= 4 is 11.9 Å². The third-order valence-corrected chi connectivity index (χ3v) is 10.7. The van der Waals surface area contributed by atoms with Gasteiger partial charge in [-0.05, 0) is 64.2 Å². The Kier molecular flexibility index (Phi) is 42.2. The molecule has 0 aromatic rings. The summed E-state index contributed by atoms with van der Waals surface area (Å²) in [6.07, 6.45) is 51.7. The van der Waals surface area contributed by atoms with Gasteiger partial charge >= 0.3 is 5.97 Å². The molecule has 0 aliphatic carbocycles. The average molecular weight is 786 g/mol. The quantitative estimate of drug-likeness (QED) is 0.0248. The van der Waals surface area contributed by atoms with E-state index in [1.54, 1.807) is 0 Å². The Labute approximate surface area is 346 Å². The van der Waals surface area contributed by atoms with Crippen LogP contribution in [0.15, 0.2) is 48.6 Å². The van der Waals surface area contributed by atoms with Crippen LogP contribution in [0.25, 0.3) is 0 Å².